The molecule has 3 N–H and O–H groups in total. The molecule has 1 heterocycles. The molecule has 1 aromatic carbocycles. The zero-order valence-corrected chi connectivity index (χ0v) is 10.4. The van der Waals surface area contributed by atoms with Gasteiger partial charge in [0, 0.05) is 11.5 Å². The predicted molar refractivity (Wildman–Crippen MR) is 71.7 cm³/mol. The first-order valence-corrected chi connectivity index (χ1v) is 5.91. The van der Waals surface area contributed by atoms with E-state index in [-0.39, 0.29) is 12.4 Å². The Hall–Kier alpha value is -1.13. The van der Waals surface area contributed by atoms with Crippen LogP contribution in [0.2, 0.25) is 0 Å². The van der Waals surface area contributed by atoms with Crippen molar-refractivity contribution in [2.75, 3.05) is 5.73 Å². The second kappa shape index (κ2) is 6.45. The molecule has 1 aromatic heterocycles. The maximum atomic E-state index is 5.71. The number of aromatic amines is 1. The fraction of sp³-hybridized carbons (Fsp3) is 0.182. The van der Waals surface area contributed by atoms with Crippen molar-refractivity contribution in [3.05, 3.63) is 47.8 Å². The van der Waals surface area contributed by atoms with E-state index in [1.807, 2.05) is 17.8 Å². The minimum Gasteiger partial charge on any atom is -0.396 e. The predicted octanol–water partition coefficient (Wildman–Crippen LogP) is 2.85. The third-order valence-corrected chi connectivity index (χ3v) is 3.14. The lowest BCUT2D eigenvalue weighted by molar-refractivity contribution is 1.04. The van der Waals surface area contributed by atoms with Crippen LogP contribution in [0.1, 0.15) is 11.3 Å². The van der Waals surface area contributed by atoms with Crippen LogP contribution in [0.25, 0.3) is 0 Å². The molecule has 0 aliphatic heterocycles. The Morgan fingerprint density at radius 2 is 1.94 bits per heavy atom. The number of anilines is 1. The highest BCUT2D eigenvalue weighted by molar-refractivity contribution is 7.97. The molecule has 0 spiro atoms. The van der Waals surface area contributed by atoms with Gasteiger partial charge < -0.3 is 5.73 Å². The first-order chi connectivity index (χ1) is 7.36. The molecular formula is C11H14ClN3S. The summed E-state index contributed by atoms with van der Waals surface area (Å²) in [4.78, 5) is 0. The maximum absolute atomic E-state index is 5.71. The van der Waals surface area contributed by atoms with E-state index in [1.165, 1.54) is 5.56 Å². The van der Waals surface area contributed by atoms with E-state index in [0.717, 1.165) is 22.9 Å². The summed E-state index contributed by atoms with van der Waals surface area (Å²) < 4.78 is 0. The van der Waals surface area contributed by atoms with Crippen molar-refractivity contribution < 1.29 is 0 Å². The smallest absolute Gasteiger partial charge is 0.0739 e. The Balaban J connectivity index is 0.00000128. The summed E-state index contributed by atoms with van der Waals surface area (Å²) in [5.41, 5.74) is 8.80. The highest BCUT2D eigenvalue weighted by Gasteiger charge is 2.00. The molecule has 86 valence electrons. The quantitative estimate of drug-likeness (QED) is 0.883. The molecule has 16 heavy (non-hydrogen) atoms. The molecule has 2 rings (SSSR count). The van der Waals surface area contributed by atoms with Gasteiger partial charge in [-0.3, -0.25) is 5.10 Å². The number of hydrogen-bond acceptors (Lipinski definition) is 3. The molecule has 0 atom stereocenters. The van der Waals surface area contributed by atoms with E-state index < -0.39 is 0 Å². The number of halogens is 1. The first-order valence-electron chi connectivity index (χ1n) is 4.75. The van der Waals surface area contributed by atoms with E-state index in [1.54, 1.807) is 6.20 Å². The third kappa shape index (κ3) is 3.47. The van der Waals surface area contributed by atoms with Gasteiger partial charge in [-0.15, -0.1) is 12.4 Å². The molecule has 0 aliphatic carbocycles. The number of aromatic nitrogens is 2. The second-order valence-corrected chi connectivity index (χ2v) is 4.27. The minimum atomic E-state index is 0. The average molecular weight is 256 g/mol. The van der Waals surface area contributed by atoms with Crippen LogP contribution in [0.5, 0.6) is 0 Å². The molecule has 0 saturated carbocycles. The molecule has 0 unspecified atom stereocenters. The van der Waals surface area contributed by atoms with Crippen molar-refractivity contribution in [2.24, 2.45) is 0 Å². The summed E-state index contributed by atoms with van der Waals surface area (Å²) >= 11 is 1.83. The monoisotopic (exact) mass is 255 g/mol. The summed E-state index contributed by atoms with van der Waals surface area (Å²) in [7, 11) is 0. The largest absolute Gasteiger partial charge is 0.396 e. The summed E-state index contributed by atoms with van der Waals surface area (Å²) in [5, 5.41) is 6.78. The van der Waals surface area contributed by atoms with Crippen LogP contribution >= 0.6 is 24.2 Å². The van der Waals surface area contributed by atoms with Crippen LogP contribution in [0.4, 0.5) is 5.69 Å². The SMILES string of the molecule is Cl.Nc1cn[nH]c1CSCc1ccccc1. The molecule has 0 bridgehead atoms. The van der Waals surface area contributed by atoms with Crippen LogP contribution in [0, 0.1) is 0 Å². The number of rotatable bonds is 4. The molecule has 0 radical (unpaired) electrons. The Bertz CT molecular complexity index is 416. The number of hydrogen-bond donors (Lipinski definition) is 2. The number of nitrogen functional groups attached to an aromatic ring is 1. The van der Waals surface area contributed by atoms with E-state index in [9.17, 15) is 0 Å². The van der Waals surface area contributed by atoms with Crippen molar-refractivity contribution in [1.82, 2.24) is 10.2 Å². The molecule has 0 saturated heterocycles. The lowest BCUT2D eigenvalue weighted by Gasteiger charge is -2.00. The Kier molecular flexibility index (Phi) is 5.22. The van der Waals surface area contributed by atoms with E-state index in [0.29, 0.717) is 0 Å². The minimum absolute atomic E-state index is 0. The van der Waals surface area contributed by atoms with E-state index >= 15 is 0 Å². The maximum Gasteiger partial charge on any atom is 0.0739 e. The Morgan fingerprint density at radius 1 is 1.19 bits per heavy atom. The first kappa shape index (κ1) is 12.9. The van der Waals surface area contributed by atoms with Gasteiger partial charge in [-0.05, 0) is 5.56 Å². The summed E-state index contributed by atoms with van der Waals surface area (Å²) in [6.07, 6.45) is 1.65. The zero-order chi connectivity index (χ0) is 10.5. The lowest BCUT2D eigenvalue weighted by Crippen LogP contribution is -1.90. The van der Waals surface area contributed by atoms with Gasteiger partial charge in [0.15, 0.2) is 0 Å². The molecule has 5 heteroatoms. The number of benzene rings is 1. The van der Waals surface area contributed by atoms with Crippen molar-refractivity contribution in [3.63, 3.8) is 0 Å². The van der Waals surface area contributed by atoms with Crippen molar-refractivity contribution in [1.29, 1.82) is 0 Å². The van der Waals surface area contributed by atoms with Crippen LogP contribution in [-0.2, 0) is 11.5 Å². The molecule has 0 aliphatic rings. The Morgan fingerprint density at radius 3 is 2.56 bits per heavy atom. The fourth-order valence-electron chi connectivity index (χ4n) is 1.28. The summed E-state index contributed by atoms with van der Waals surface area (Å²) in [6, 6.07) is 10.4. The van der Waals surface area contributed by atoms with Crippen molar-refractivity contribution in [2.45, 2.75) is 11.5 Å². The standard InChI is InChI=1S/C11H13N3S.ClH/c12-10-6-13-14-11(10)8-15-7-9-4-2-1-3-5-9;/h1-6H,7-8,12H2,(H,13,14);1H. The molecule has 0 fully saturated rings. The zero-order valence-electron chi connectivity index (χ0n) is 8.72. The van der Waals surface area contributed by atoms with Gasteiger partial charge in [-0.2, -0.15) is 16.9 Å². The van der Waals surface area contributed by atoms with Gasteiger partial charge >= 0.3 is 0 Å². The third-order valence-electron chi connectivity index (χ3n) is 2.11. The van der Waals surface area contributed by atoms with E-state index in [4.69, 9.17) is 5.73 Å². The number of thioether (sulfide) groups is 1. The van der Waals surface area contributed by atoms with Crippen LogP contribution < -0.4 is 5.73 Å². The van der Waals surface area contributed by atoms with Gasteiger partial charge in [0.25, 0.3) is 0 Å². The molecule has 3 nitrogen and oxygen atoms in total. The number of nitrogens with two attached hydrogens (primary N) is 1. The fourth-order valence-corrected chi connectivity index (χ4v) is 2.25. The lowest BCUT2D eigenvalue weighted by atomic mass is 10.2. The van der Waals surface area contributed by atoms with Gasteiger partial charge in [0.05, 0.1) is 17.6 Å². The van der Waals surface area contributed by atoms with Crippen molar-refractivity contribution in [3.8, 4) is 0 Å². The molecule has 2 aromatic rings. The number of nitrogens with one attached hydrogen (secondary N) is 1. The topological polar surface area (TPSA) is 54.7 Å². The molecule has 0 amide bonds. The van der Waals surface area contributed by atoms with Crippen LogP contribution in [0.3, 0.4) is 0 Å². The average Bonchev–Trinajstić information content (AvgIpc) is 2.66. The summed E-state index contributed by atoms with van der Waals surface area (Å²) in [5.74, 6) is 1.88. The number of H-pyrrole nitrogens is 1. The van der Waals surface area contributed by atoms with Crippen LogP contribution in [0.15, 0.2) is 36.5 Å². The van der Waals surface area contributed by atoms with Crippen LogP contribution in [-0.4, -0.2) is 10.2 Å². The molecular weight excluding hydrogens is 242 g/mol. The normalized spacial score (nSPS) is 9.75. The second-order valence-electron chi connectivity index (χ2n) is 3.28. The van der Waals surface area contributed by atoms with Gasteiger partial charge in [0.2, 0.25) is 0 Å². The highest BCUT2D eigenvalue weighted by atomic mass is 35.5. The van der Waals surface area contributed by atoms with Gasteiger partial charge in [-0.1, -0.05) is 30.3 Å². The number of nitrogens with zero attached hydrogens (tertiary/aromatic N) is 1. The van der Waals surface area contributed by atoms with Gasteiger partial charge in [-0.25, -0.2) is 0 Å². The highest BCUT2D eigenvalue weighted by Crippen LogP contribution is 2.19. The van der Waals surface area contributed by atoms with Crippen molar-refractivity contribution >= 4 is 29.9 Å². The Labute approximate surface area is 105 Å². The summed E-state index contributed by atoms with van der Waals surface area (Å²) in [6.45, 7) is 0. The van der Waals surface area contributed by atoms with Gasteiger partial charge in [0.1, 0.15) is 0 Å². The van der Waals surface area contributed by atoms with E-state index in [2.05, 4.69) is 34.5 Å².